The topological polar surface area (TPSA) is 46.2 Å². The first-order valence-corrected chi connectivity index (χ1v) is 11.7. The zero-order valence-electron chi connectivity index (χ0n) is 19.1. The molecule has 12 heteroatoms. The molecule has 2 rings (SSSR count). The first-order chi connectivity index (χ1) is 17.0. The van der Waals surface area contributed by atoms with Gasteiger partial charge in [0, 0.05) is 18.9 Å². The van der Waals surface area contributed by atoms with Crippen molar-refractivity contribution >= 4 is 52.6 Å². The van der Waals surface area contributed by atoms with Crippen molar-refractivity contribution in [3.05, 3.63) is 86.4 Å². The summed E-state index contributed by atoms with van der Waals surface area (Å²) in [4.78, 5) is 24.2. The van der Waals surface area contributed by atoms with Gasteiger partial charge in [-0.25, -0.2) is 0 Å². The number of benzene rings is 2. The van der Waals surface area contributed by atoms with Gasteiger partial charge in [0.2, 0.25) is 0 Å². The van der Waals surface area contributed by atoms with Crippen molar-refractivity contribution in [1.82, 2.24) is 5.32 Å². The monoisotopic (exact) mass is 585 g/mol. The van der Waals surface area contributed by atoms with E-state index in [0.717, 1.165) is 30.3 Å². The smallest absolute Gasteiger partial charge is 0.349 e. The molecule has 0 spiro atoms. The second kappa shape index (κ2) is 12.4. The van der Waals surface area contributed by atoms with E-state index in [-0.39, 0.29) is 44.8 Å². The van der Waals surface area contributed by atoms with Crippen LogP contribution in [0.1, 0.15) is 52.7 Å². The van der Waals surface area contributed by atoms with Crippen LogP contribution in [-0.2, 0) is 11.0 Å². The molecule has 0 bridgehead atoms. The molecule has 1 amide bonds. The molecule has 0 aromatic heterocycles. The van der Waals surface area contributed by atoms with Gasteiger partial charge in [0.1, 0.15) is 5.78 Å². The quantitative estimate of drug-likeness (QED) is 0.182. The molecule has 2 aromatic carbocycles. The number of nitrogens with one attached hydrogen (secondary N) is 1. The molecule has 0 heterocycles. The third-order valence-corrected chi connectivity index (χ3v) is 6.27. The zero-order chi connectivity index (χ0) is 28.1. The van der Waals surface area contributed by atoms with Crippen molar-refractivity contribution in [2.45, 2.75) is 44.1 Å². The van der Waals surface area contributed by atoms with Gasteiger partial charge >= 0.3 is 12.4 Å². The third kappa shape index (κ3) is 8.51. The van der Waals surface area contributed by atoms with Crippen LogP contribution in [0.25, 0.3) is 6.08 Å². The van der Waals surface area contributed by atoms with Gasteiger partial charge in [-0.15, -0.1) is 6.58 Å². The number of allylic oxidation sites excluding steroid dienone is 2. The second-order valence-corrected chi connectivity index (χ2v) is 9.28. The number of amides is 1. The molecule has 1 unspecified atom stereocenters. The average Bonchev–Trinajstić information content (AvgIpc) is 2.75. The Morgan fingerprint density at radius 2 is 1.62 bits per heavy atom. The largest absolute Gasteiger partial charge is 0.417 e. The Morgan fingerprint density at radius 1 is 1.03 bits per heavy atom. The molecular formula is C25H20Cl3F6NO2. The van der Waals surface area contributed by atoms with Gasteiger partial charge < -0.3 is 5.32 Å². The maximum absolute atomic E-state index is 13.7. The van der Waals surface area contributed by atoms with Crippen LogP contribution in [0.3, 0.4) is 0 Å². The highest BCUT2D eigenvalue weighted by Gasteiger charge is 2.40. The lowest BCUT2D eigenvalue weighted by Crippen LogP contribution is -2.35. The molecule has 0 aliphatic heterocycles. The number of rotatable bonds is 9. The van der Waals surface area contributed by atoms with Crippen LogP contribution < -0.4 is 5.32 Å². The van der Waals surface area contributed by atoms with Crippen molar-refractivity contribution in [3.8, 4) is 0 Å². The van der Waals surface area contributed by atoms with Gasteiger partial charge in [0.15, 0.2) is 0 Å². The summed E-state index contributed by atoms with van der Waals surface area (Å²) >= 11 is 17.5. The van der Waals surface area contributed by atoms with E-state index in [4.69, 9.17) is 34.8 Å². The highest BCUT2D eigenvalue weighted by atomic mass is 35.5. The Labute approximate surface area is 224 Å². The Kier molecular flexibility index (Phi) is 10.3. The van der Waals surface area contributed by atoms with Gasteiger partial charge in [-0.05, 0) is 42.3 Å². The van der Waals surface area contributed by atoms with Crippen molar-refractivity contribution in [1.29, 1.82) is 0 Å². The Hall–Kier alpha value is -2.49. The average molecular weight is 587 g/mol. The number of carbonyl (C=O) groups excluding carboxylic acids is 2. The minimum atomic E-state index is -4.99. The van der Waals surface area contributed by atoms with Gasteiger partial charge in [0.05, 0.1) is 32.1 Å². The molecular weight excluding hydrogens is 567 g/mol. The summed E-state index contributed by atoms with van der Waals surface area (Å²) in [7, 11) is 0. The third-order valence-electron chi connectivity index (χ3n) is 5.08. The van der Waals surface area contributed by atoms with E-state index in [1.165, 1.54) is 13.0 Å². The first kappa shape index (κ1) is 30.7. The lowest BCUT2D eigenvalue weighted by Gasteiger charge is -2.19. The van der Waals surface area contributed by atoms with E-state index in [2.05, 4.69) is 11.9 Å². The van der Waals surface area contributed by atoms with Crippen molar-refractivity contribution in [2.24, 2.45) is 0 Å². The maximum atomic E-state index is 13.7. The van der Waals surface area contributed by atoms with Crippen LogP contribution in [0.4, 0.5) is 26.3 Å². The van der Waals surface area contributed by atoms with E-state index < -0.39 is 41.3 Å². The molecule has 0 fully saturated rings. The standard InChI is InChI=1S/C25H20Cl3F6NO2/c1-3-4-16(36)9-13(2)35-23(37)17-7-5-14(10-19(17)25(32,33)34)6-8-18(24(29,30)31)15-11-20(26)22(28)21(27)12-15/h3,5-8,10-13,18H,1,4,9H2,2H3,(H,35,37)/b8-6+/t13-,18?/m1/s1. The normalized spacial score (nSPS) is 13.9. The number of alkyl halides is 6. The highest BCUT2D eigenvalue weighted by Crippen LogP contribution is 2.41. The Balaban J connectivity index is 2.40. The molecule has 0 saturated heterocycles. The van der Waals surface area contributed by atoms with Gasteiger partial charge in [0.25, 0.3) is 5.91 Å². The van der Waals surface area contributed by atoms with Gasteiger partial charge in [-0.3, -0.25) is 9.59 Å². The zero-order valence-corrected chi connectivity index (χ0v) is 21.4. The Bertz CT molecular complexity index is 1180. The lowest BCUT2D eigenvalue weighted by atomic mass is 9.96. The number of halogens is 9. The van der Waals surface area contributed by atoms with Crippen LogP contribution >= 0.6 is 34.8 Å². The predicted octanol–water partition coefficient (Wildman–Crippen LogP) is 8.68. The molecule has 2 aromatic rings. The van der Waals surface area contributed by atoms with Crippen LogP contribution in [0, 0.1) is 0 Å². The number of hydrogen-bond donors (Lipinski definition) is 1. The second-order valence-electron chi connectivity index (χ2n) is 8.09. The predicted molar refractivity (Wildman–Crippen MR) is 132 cm³/mol. The summed E-state index contributed by atoms with van der Waals surface area (Å²) in [5.74, 6) is -3.60. The minimum Gasteiger partial charge on any atom is -0.349 e. The van der Waals surface area contributed by atoms with Crippen molar-refractivity contribution < 1.29 is 35.9 Å². The minimum absolute atomic E-state index is 0.0440. The molecule has 0 aliphatic carbocycles. The summed E-state index contributed by atoms with van der Waals surface area (Å²) < 4.78 is 82.4. The first-order valence-electron chi connectivity index (χ1n) is 10.6. The molecule has 0 aliphatic rings. The van der Waals surface area contributed by atoms with E-state index in [1.807, 2.05) is 0 Å². The SMILES string of the molecule is C=CCC(=O)C[C@@H](C)NC(=O)c1ccc(/C=C/C(c2cc(Cl)c(Cl)c(Cl)c2)C(F)(F)F)cc1C(F)(F)F. The molecule has 0 saturated carbocycles. The molecule has 3 nitrogen and oxygen atoms in total. The highest BCUT2D eigenvalue weighted by molar-refractivity contribution is 6.48. The van der Waals surface area contributed by atoms with Gasteiger partial charge in [-0.1, -0.05) is 59.1 Å². The number of hydrogen-bond acceptors (Lipinski definition) is 2. The fraction of sp³-hybridized carbons (Fsp3) is 0.280. The van der Waals surface area contributed by atoms with Crippen molar-refractivity contribution in [3.63, 3.8) is 0 Å². The van der Waals surface area contributed by atoms with E-state index in [0.29, 0.717) is 12.1 Å². The van der Waals surface area contributed by atoms with Crippen LogP contribution in [0.15, 0.2) is 49.1 Å². The lowest BCUT2D eigenvalue weighted by molar-refractivity contribution is -0.139. The number of Topliss-reactive ketones (excluding diaryl/α,β-unsaturated/α-hetero) is 1. The molecule has 37 heavy (non-hydrogen) atoms. The summed E-state index contributed by atoms with van der Waals surface area (Å²) in [5.41, 5.74) is -2.69. The fourth-order valence-corrected chi connectivity index (χ4v) is 4.02. The summed E-state index contributed by atoms with van der Waals surface area (Å²) in [6, 6.07) is 3.67. The van der Waals surface area contributed by atoms with Gasteiger partial charge in [-0.2, -0.15) is 26.3 Å². The number of carbonyl (C=O) groups is 2. The molecule has 0 radical (unpaired) electrons. The molecule has 1 N–H and O–H groups in total. The Morgan fingerprint density at radius 3 is 2.14 bits per heavy atom. The summed E-state index contributed by atoms with van der Waals surface area (Å²) in [5, 5.41) is 1.75. The van der Waals surface area contributed by atoms with Crippen LogP contribution in [0.5, 0.6) is 0 Å². The number of ketones is 1. The van der Waals surface area contributed by atoms with E-state index in [9.17, 15) is 35.9 Å². The fourth-order valence-electron chi connectivity index (χ4n) is 3.41. The van der Waals surface area contributed by atoms with Crippen LogP contribution in [0.2, 0.25) is 15.1 Å². The van der Waals surface area contributed by atoms with E-state index >= 15 is 0 Å². The molecule has 200 valence electrons. The van der Waals surface area contributed by atoms with Crippen LogP contribution in [-0.4, -0.2) is 23.9 Å². The summed E-state index contributed by atoms with van der Waals surface area (Å²) in [6.45, 7) is 4.87. The summed E-state index contributed by atoms with van der Waals surface area (Å²) in [6.07, 6.45) is -7.02. The molecule has 2 atom stereocenters. The maximum Gasteiger partial charge on any atom is 0.417 e. The van der Waals surface area contributed by atoms with Crippen molar-refractivity contribution in [2.75, 3.05) is 0 Å². The van der Waals surface area contributed by atoms with E-state index in [1.54, 1.807) is 0 Å².